The number of nitrogens with zero attached hydrogens (tertiary/aromatic N) is 1. The molecule has 0 saturated carbocycles. The number of methoxy groups -OCH3 is 2. The minimum Gasteiger partial charge on any atom is -0.493 e. The zero-order valence-corrected chi connectivity index (χ0v) is 24.5. The van der Waals surface area contributed by atoms with Gasteiger partial charge in [-0.1, -0.05) is 59.6 Å². The summed E-state index contributed by atoms with van der Waals surface area (Å²) in [6, 6.07) is 24.7. The SMILES string of the molecule is COc1cc(Cl)ccc1Oc1nc2ccccc2cc1C(=O)Nc1ccc(Cl)c(S(=O)(=O)Nc2ccccc2)c1OC. The molecule has 5 aromatic rings. The van der Waals surface area contributed by atoms with Crippen molar-refractivity contribution in [2.24, 2.45) is 0 Å². The van der Waals surface area contributed by atoms with Gasteiger partial charge in [-0.3, -0.25) is 9.52 Å². The zero-order chi connectivity index (χ0) is 29.9. The van der Waals surface area contributed by atoms with E-state index in [-0.39, 0.29) is 38.5 Å². The largest absolute Gasteiger partial charge is 0.493 e. The van der Waals surface area contributed by atoms with Crippen molar-refractivity contribution < 1.29 is 27.4 Å². The molecule has 5 rings (SSSR count). The number of pyridine rings is 1. The van der Waals surface area contributed by atoms with Crippen molar-refractivity contribution in [1.82, 2.24) is 4.98 Å². The number of fused-ring (bicyclic) bond motifs is 1. The molecule has 0 fully saturated rings. The maximum atomic E-state index is 13.7. The van der Waals surface area contributed by atoms with Gasteiger partial charge in [0.2, 0.25) is 5.88 Å². The number of halogens is 2. The van der Waals surface area contributed by atoms with Crippen LogP contribution in [0, 0.1) is 0 Å². The summed E-state index contributed by atoms with van der Waals surface area (Å²) in [7, 11) is -1.48. The molecule has 0 spiro atoms. The molecule has 0 bridgehead atoms. The number of carbonyl (C=O) groups excluding carboxylic acids is 1. The minimum absolute atomic E-state index is 0.0154. The number of sulfonamides is 1. The van der Waals surface area contributed by atoms with Gasteiger partial charge in [-0.05, 0) is 48.5 Å². The number of ether oxygens (including phenoxy) is 3. The molecular formula is C30H23Cl2N3O6S. The van der Waals surface area contributed by atoms with E-state index in [1.54, 1.807) is 66.7 Å². The van der Waals surface area contributed by atoms with Gasteiger partial charge in [-0.2, -0.15) is 0 Å². The molecule has 9 nitrogen and oxygen atoms in total. The Labute approximate surface area is 252 Å². The van der Waals surface area contributed by atoms with Crippen molar-refractivity contribution in [3.8, 4) is 23.1 Å². The molecule has 0 aliphatic carbocycles. The van der Waals surface area contributed by atoms with E-state index in [4.69, 9.17) is 37.4 Å². The first-order valence-corrected chi connectivity index (χ1v) is 14.6. The fourth-order valence-electron chi connectivity index (χ4n) is 4.16. The quantitative estimate of drug-likeness (QED) is 0.176. The second kappa shape index (κ2) is 12.2. The van der Waals surface area contributed by atoms with Crippen LogP contribution in [0.1, 0.15) is 10.4 Å². The fourth-order valence-corrected chi connectivity index (χ4v) is 6.09. The summed E-state index contributed by atoms with van der Waals surface area (Å²) in [4.78, 5) is 18.0. The summed E-state index contributed by atoms with van der Waals surface area (Å²) in [6.45, 7) is 0. The number of anilines is 2. The number of benzene rings is 4. The third kappa shape index (κ3) is 6.06. The van der Waals surface area contributed by atoms with Crippen LogP contribution in [0.2, 0.25) is 10.0 Å². The van der Waals surface area contributed by atoms with Crippen LogP contribution in [0.3, 0.4) is 0 Å². The summed E-state index contributed by atoms with van der Waals surface area (Å²) in [6.07, 6.45) is 0. The molecule has 0 aliphatic rings. The molecule has 1 amide bonds. The van der Waals surface area contributed by atoms with Crippen molar-refractivity contribution in [3.05, 3.63) is 107 Å². The van der Waals surface area contributed by atoms with E-state index in [1.807, 2.05) is 12.1 Å². The lowest BCUT2D eigenvalue weighted by molar-refractivity contribution is 0.102. The fraction of sp³-hybridized carbons (Fsp3) is 0.0667. The molecule has 0 saturated heterocycles. The van der Waals surface area contributed by atoms with Crippen molar-refractivity contribution in [1.29, 1.82) is 0 Å². The highest BCUT2D eigenvalue weighted by Crippen LogP contribution is 2.40. The average Bonchev–Trinajstić information content (AvgIpc) is 2.98. The molecule has 1 aromatic heterocycles. The third-order valence-corrected chi connectivity index (χ3v) is 8.19. The van der Waals surface area contributed by atoms with Crippen LogP contribution in [0.15, 0.2) is 95.9 Å². The number of nitrogens with one attached hydrogen (secondary N) is 2. The number of hydrogen-bond acceptors (Lipinski definition) is 7. The molecule has 12 heteroatoms. The number of hydrogen-bond donors (Lipinski definition) is 2. The smallest absolute Gasteiger partial charge is 0.267 e. The average molecular weight is 625 g/mol. The number of amides is 1. The Morgan fingerprint density at radius 1 is 0.833 bits per heavy atom. The Hall–Kier alpha value is -4.51. The summed E-state index contributed by atoms with van der Waals surface area (Å²) >= 11 is 12.4. The van der Waals surface area contributed by atoms with Crippen molar-refractivity contribution in [3.63, 3.8) is 0 Å². The lowest BCUT2D eigenvalue weighted by atomic mass is 10.1. The van der Waals surface area contributed by atoms with Gasteiger partial charge < -0.3 is 19.5 Å². The van der Waals surface area contributed by atoms with Gasteiger partial charge in [0, 0.05) is 22.2 Å². The lowest BCUT2D eigenvalue weighted by Crippen LogP contribution is -2.18. The van der Waals surface area contributed by atoms with E-state index in [9.17, 15) is 13.2 Å². The van der Waals surface area contributed by atoms with Crippen LogP contribution < -0.4 is 24.2 Å². The number of carbonyl (C=O) groups is 1. The Kier molecular flexibility index (Phi) is 8.39. The van der Waals surface area contributed by atoms with Crippen molar-refractivity contribution >= 4 is 61.4 Å². The van der Waals surface area contributed by atoms with Crippen molar-refractivity contribution in [2.75, 3.05) is 24.3 Å². The van der Waals surface area contributed by atoms with Gasteiger partial charge >= 0.3 is 0 Å². The number of aromatic nitrogens is 1. The van der Waals surface area contributed by atoms with E-state index in [1.165, 1.54) is 26.4 Å². The molecule has 0 radical (unpaired) electrons. The molecule has 1 heterocycles. The second-order valence-electron chi connectivity index (χ2n) is 8.81. The Balaban J connectivity index is 1.55. The van der Waals surface area contributed by atoms with Gasteiger partial charge in [0.25, 0.3) is 15.9 Å². The normalized spacial score (nSPS) is 11.1. The number of rotatable bonds is 9. The summed E-state index contributed by atoms with van der Waals surface area (Å²) in [5, 5.41) is 3.74. The van der Waals surface area contributed by atoms with Crippen LogP contribution in [0.5, 0.6) is 23.1 Å². The van der Waals surface area contributed by atoms with Crippen molar-refractivity contribution in [2.45, 2.75) is 4.90 Å². The minimum atomic E-state index is -4.22. The molecule has 0 atom stereocenters. The lowest BCUT2D eigenvalue weighted by Gasteiger charge is -2.18. The summed E-state index contributed by atoms with van der Waals surface area (Å²) in [5.74, 6) is -0.198. The van der Waals surface area contributed by atoms with E-state index in [0.717, 1.165) is 0 Å². The standard InChI is InChI=1S/C30H23Cl2N3O6S/c1-39-26-17-19(31)12-15-25(26)41-30-21(16-18-8-6-7-11-23(18)34-30)29(36)33-24-14-13-22(32)28(27(24)40-2)42(37,38)35-20-9-4-3-5-10-20/h3-17,35H,1-2H3,(H,33,36). The third-order valence-electron chi connectivity index (χ3n) is 6.08. The first-order valence-electron chi connectivity index (χ1n) is 12.4. The van der Waals surface area contributed by atoms with Gasteiger partial charge in [0.15, 0.2) is 17.2 Å². The van der Waals surface area contributed by atoms with Crippen LogP contribution in [-0.2, 0) is 10.0 Å². The summed E-state index contributed by atoms with van der Waals surface area (Å²) in [5.41, 5.74) is 1.03. The van der Waals surface area contributed by atoms with Crippen LogP contribution in [0.25, 0.3) is 10.9 Å². The van der Waals surface area contributed by atoms with E-state index in [2.05, 4.69) is 15.0 Å². The van der Waals surface area contributed by atoms with Gasteiger partial charge in [0.05, 0.1) is 30.4 Å². The highest BCUT2D eigenvalue weighted by molar-refractivity contribution is 7.93. The monoisotopic (exact) mass is 623 g/mol. The Morgan fingerprint density at radius 2 is 1.57 bits per heavy atom. The first-order chi connectivity index (χ1) is 20.2. The van der Waals surface area contributed by atoms with Crippen LogP contribution in [-0.4, -0.2) is 33.5 Å². The number of para-hydroxylation sites is 2. The molecular weight excluding hydrogens is 601 g/mol. The predicted octanol–water partition coefficient (Wildman–Crippen LogP) is 7.40. The highest BCUT2D eigenvalue weighted by atomic mass is 35.5. The maximum Gasteiger partial charge on any atom is 0.267 e. The molecule has 4 aromatic carbocycles. The van der Waals surface area contributed by atoms with Crippen LogP contribution >= 0.6 is 23.2 Å². The van der Waals surface area contributed by atoms with E-state index in [0.29, 0.717) is 27.4 Å². The molecule has 0 aliphatic heterocycles. The Morgan fingerprint density at radius 3 is 2.31 bits per heavy atom. The maximum absolute atomic E-state index is 13.7. The first kappa shape index (κ1) is 29.0. The van der Waals surface area contributed by atoms with E-state index >= 15 is 0 Å². The molecule has 0 unspecified atom stereocenters. The second-order valence-corrected chi connectivity index (χ2v) is 11.3. The summed E-state index contributed by atoms with van der Waals surface area (Å²) < 4.78 is 46.1. The highest BCUT2D eigenvalue weighted by Gasteiger charge is 2.28. The molecule has 2 N–H and O–H groups in total. The zero-order valence-electron chi connectivity index (χ0n) is 22.2. The topological polar surface area (TPSA) is 116 Å². The van der Waals surface area contributed by atoms with Gasteiger partial charge in [0.1, 0.15) is 10.5 Å². The predicted molar refractivity (Wildman–Crippen MR) is 163 cm³/mol. The molecule has 214 valence electrons. The van der Waals surface area contributed by atoms with Gasteiger partial charge in [-0.25, -0.2) is 13.4 Å². The van der Waals surface area contributed by atoms with E-state index < -0.39 is 15.9 Å². The van der Waals surface area contributed by atoms with Crippen LogP contribution in [0.4, 0.5) is 11.4 Å². The molecule has 42 heavy (non-hydrogen) atoms. The Bertz CT molecular complexity index is 1900. The van der Waals surface area contributed by atoms with Gasteiger partial charge in [-0.15, -0.1) is 0 Å².